The highest BCUT2D eigenvalue weighted by molar-refractivity contribution is 5.78. The molecule has 4 heteroatoms. The van der Waals surface area contributed by atoms with Gasteiger partial charge in [0.25, 0.3) is 0 Å². The first-order valence-electron chi connectivity index (χ1n) is 7.67. The van der Waals surface area contributed by atoms with Crippen LogP contribution in [-0.2, 0) is 13.6 Å². The van der Waals surface area contributed by atoms with Crippen molar-refractivity contribution in [2.24, 2.45) is 18.4 Å². The van der Waals surface area contributed by atoms with Gasteiger partial charge in [0.15, 0.2) is 5.65 Å². The van der Waals surface area contributed by atoms with E-state index < -0.39 is 0 Å². The van der Waals surface area contributed by atoms with E-state index in [1.54, 1.807) is 0 Å². The van der Waals surface area contributed by atoms with Crippen molar-refractivity contribution < 1.29 is 0 Å². The van der Waals surface area contributed by atoms with Gasteiger partial charge in [-0.1, -0.05) is 0 Å². The van der Waals surface area contributed by atoms with Crippen molar-refractivity contribution in [1.82, 2.24) is 20.1 Å². The van der Waals surface area contributed by atoms with Crippen molar-refractivity contribution in [2.75, 3.05) is 6.54 Å². The Kier molecular flexibility index (Phi) is 2.64. The Balaban J connectivity index is 1.44. The third-order valence-corrected chi connectivity index (χ3v) is 5.06. The van der Waals surface area contributed by atoms with Gasteiger partial charge < -0.3 is 5.32 Å². The minimum Gasteiger partial charge on any atom is -0.312 e. The van der Waals surface area contributed by atoms with Crippen molar-refractivity contribution in [3.05, 3.63) is 23.5 Å². The predicted octanol–water partition coefficient (Wildman–Crippen LogP) is 2.56. The molecule has 0 bridgehead atoms. The third-order valence-electron chi connectivity index (χ3n) is 5.06. The van der Waals surface area contributed by atoms with Gasteiger partial charge in [0, 0.05) is 31.7 Å². The lowest BCUT2D eigenvalue weighted by Gasteiger charge is -2.14. The van der Waals surface area contributed by atoms with Crippen molar-refractivity contribution >= 4 is 11.0 Å². The minimum absolute atomic E-state index is 0.668. The summed E-state index contributed by atoms with van der Waals surface area (Å²) in [5.41, 5.74) is 3.97. The van der Waals surface area contributed by atoms with Gasteiger partial charge in [-0.2, -0.15) is 5.10 Å². The first-order chi connectivity index (χ1) is 9.68. The fourth-order valence-corrected chi connectivity index (χ4v) is 3.49. The van der Waals surface area contributed by atoms with Gasteiger partial charge in [0.05, 0.1) is 5.69 Å². The summed E-state index contributed by atoms with van der Waals surface area (Å²) in [4.78, 5) is 4.54. The molecule has 0 atom stereocenters. The lowest BCUT2D eigenvalue weighted by molar-refractivity contribution is 0.403. The van der Waals surface area contributed by atoms with E-state index in [1.807, 2.05) is 24.9 Å². The van der Waals surface area contributed by atoms with Crippen LogP contribution in [0.1, 0.15) is 36.9 Å². The van der Waals surface area contributed by atoms with Gasteiger partial charge in [-0.05, 0) is 55.6 Å². The van der Waals surface area contributed by atoms with Gasteiger partial charge >= 0.3 is 0 Å². The fraction of sp³-hybridized carbons (Fsp3) is 0.625. The number of fused-ring (bicyclic) bond motifs is 1. The van der Waals surface area contributed by atoms with Crippen LogP contribution in [0.3, 0.4) is 0 Å². The summed E-state index contributed by atoms with van der Waals surface area (Å²) in [6.45, 7) is 4.15. The maximum Gasteiger partial charge on any atom is 0.157 e. The molecule has 0 spiro atoms. The molecular formula is C16H22N4. The normalized spacial score (nSPS) is 20.5. The number of hydrogen-bond donors (Lipinski definition) is 1. The molecule has 2 saturated carbocycles. The van der Waals surface area contributed by atoms with E-state index >= 15 is 0 Å². The van der Waals surface area contributed by atoms with Crippen LogP contribution in [0.4, 0.5) is 0 Å². The van der Waals surface area contributed by atoms with Gasteiger partial charge in [0.1, 0.15) is 0 Å². The molecule has 2 fully saturated rings. The lowest BCUT2D eigenvalue weighted by atomic mass is 10.0. The smallest absolute Gasteiger partial charge is 0.157 e. The molecule has 0 unspecified atom stereocenters. The second kappa shape index (κ2) is 4.29. The number of aryl methyl sites for hydroxylation is 2. The second-order valence-electron chi connectivity index (χ2n) is 6.66. The van der Waals surface area contributed by atoms with Crippen LogP contribution in [-0.4, -0.2) is 21.3 Å². The monoisotopic (exact) mass is 270 g/mol. The quantitative estimate of drug-likeness (QED) is 0.908. The molecule has 2 aliphatic rings. The number of hydrogen-bond acceptors (Lipinski definition) is 3. The number of rotatable bonds is 5. The van der Waals surface area contributed by atoms with Crippen molar-refractivity contribution in [3.8, 4) is 0 Å². The lowest BCUT2D eigenvalue weighted by Crippen LogP contribution is -2.25. The molecule has 0 amide bonds. The molecule has 2 heterocycles. The average Bonchev–Trinajstić information content (AvgIpc) is 3.31. The summed E-state index contributed by atoms with van der Waals surface area (Å²) in [7, 11) is 1.95. The molecule has 106 valence electrons. The molecule has 2 aromatic heterocycles. The average molecular weight is 270 g/mol. The summed E-state index contributed by atoms with van der Waals surface area (Å²) < 4.78 is 1.86. The standard InChI is InChI=1S/C16H22N4/c1-11-14-7-12(9-18-15(14)20(2)19-11)8-17-10-16(5-6-16)13-3-4-13/h7,9,13,17H,3-6,8,10H2,1-2H3. The second-order valence-corrected chi connectivity index (χ2v) is 6.66. The molecule has 4 rings (SSSR count). The first-order valence-corrected chi connectivity index (χ1v) is 7.67. The zero-order valence-corrected chi connectivity index (χ0v) is 12.3. The van der Waals surface area contributed by atoms with Crippen LogP contribution in [0.25, 0.3) is 11.0 Å². The molecule has 20 heavy (non-hydrogen) atoms. The Bertz CT molecular complexity index is 650. The van der Waals surface area contributed by atoms with Crippen molar-refractivity contribution in [2.45, 2.75) is 39.2 Å². The topological polar surface area (TPSA) is 42.7 Å². The van der Waals surface area contributed by atoms with E-state index in [9.17, 15) is 0 Å². The third kappa shape index (κ3) is 2.03. The summed E-state index contributed by atoms with van der Waals surface area (Å²) in [5.74, 6) is 1.02. The van der Waals surface area contributed by atoms with E-state index in [-0.39, 0.29) is 0 Å². The van der Waals surface area contributed by atoms with Crippen LogP contribution in [0.2, 0.25) is 0 Å². The Labute approximate surface area is 119 Å². The van der Waals surface area contributed by atoms with Crippen LogP contribution < -0.4 is 5.32 Å². The van der Waals surface area contributed by atoms with E-state index in [4.69, 9.17) is 0 Å². The van der Waals surface area contributed by atoms with E-state index in [0.29, 0.717) is 5.41 Å². The number of pyridine rings is 1. The van der Waals surface area contributed by atoms with Gasteiger partial charge in [-0.25, -0.2) is 4.98 Å². The van der Waals surface area contributed by atoms with Gasteiger partial charge in [-0.15, -0.1) is 0 Å². The number of nitrogens with zero attached hydrogens (tertiary/aromatic N) is 3. The van der Waals surface area contributed by atoms with Crippen LogP contribution in [0, 0.1) is 18.3 Å². The van der Waals surface area contributed by atoms with Crippen LogP contribution in [0.5, 0.6) is 0 Å². The van der Waals surface area contributed by atoms with Crippen molar-refractivity contribution in [3.63, 3.8) is 0 Å². The number of aromatic nitrogens is 3. The highest BCUT2D eigenvalue weighted by atomic mass is 15.3. The summed E-state index contributed by atoms with van der Waals surface area (Å²) in [6, 6.07) is 2.23. The summed E-state index contributed by atoms with van der Waals surface area (Å²) in [5, 5.41) is 9.25. The molecule has 0 aliphatic heterocycles. The Morgan fingerprint density at radius 1 is 1.40 bits per heavy atom. The largest absolute Gasteiger partial charge is 0.312 e. The molecular weight excluding hydrogens is 248 g/mol. The molecule has 4 nitrogen and oxygen atoms in total. The van der Waals surface area contributed by atoms with E-state index in [1.165, 1.54) is 43.2 Å². The van der Waals surface area contributed by atoms with Crippen molar-refractivity contribution in [1.29, 1.82) is 0 Å². The molecule has 0 saturated heterocycles. The summed E-state index contributed by atoms with van der Waals surface area (Å²) >= 11 is 0. The highest BCUT2D eigenvalue weighted by Gasteiger charge is 2.53. The van der Waals surface area contributed by atoms with E-state index in [2.05, 4.69) is 21.5 Å². The first kappa shape index (κ1) is 12.3. The van der Waals surface area contributed by atoms with Crippen LogP contribution >= 0.6 is 0 Å². The molecule has 2 aliphatic carbocycles. The van der Waals surface area contributed by atoms with Gasteiger partial charge in [0.2, 0.25) is 0 Å². The highest BCUT2D eigenvalue weighted by Crippen LogP contribution is 2.60. The minimum atomic E-state index is 0.668. The predicted molar refractivity (Wildman–Crippen MR) is 79.3 cm³/mol. The Hall–Kier alpha value is -1.42. The maximum atomic E-state index is 4.54. The zero-order valence-electron chi connectivity index (χ0n) is 12.3. The molecule has 2 aromatic rings. The zero-order chi connectivity index (χ0) is 13.7. The van der Waals surface area contributed by atoms with Crippen LogP contribution in [0.15, 0.2) is 12.3 Å². The molecule has 1 N–H and O–H groups in total. The molecule has 0 aromatic carbocycles. The molecule has 0 radical (unpaired) electrons. The Morgan fingerprint density at radius 2 is 2.20 bits per heavy atom. The van der Waals surface area contributed by atoms with Gasteiger partial charge in [-0.3, -0.25) is 4.68 Å². The summed E-state index contributed by atoms with van der Waals surface area (Å²) in [6.07, 6.45) is 7.77. The fourth-order valence-electron chi connectivity index (χ4n) is 3.49. The number of nitrogens with one attached hydrogen (secondary N) is 1. The Morgan fingerprint density at radius 3 is 2.90 bits per heavy atom. The van der Waals surface area contributed by atoms with E-state index in [0.717, 1.165) is 23.8 Å². The SMILES string of the molecule is Cc1nn(C)c2ncc(CNCC3(C4CC4)CC3)cc12. The maximum absolute atomic E-state index is 4.54.